The number of carbonyl (C=O) groups is 3. The second-order valence-electron chi connectivity index (χ2n) is 12.2. The summed E-state index contributed by atoms with van der Waals surface area (Å²) in [6.07, 6.45) is 5.59. The number of hydrogen-bond donors (Lipinski definition) is 1. The minimum absolute atomic E-state index is 0.201. The standard InChI is InChI=1S/C29H40N4O6/c1-29(2,3)39-27(36)32-16-9-19(10-17-32)8-13-31-14-11-20(12-15-31)21-4-5-22-24(18-21)38-28(37)33(22)23-6-7-25(34)30-26(23)35/h4-5,18-20,23H,6-17H2,1-3H3,(H,30,34,35). The molecule has 4 heterocycles. The predicted octanol–water partition coefficient (Wildman–Crippen LogP) is 3.79. The van der Waals surface area contributed by atoms with Gasteiger partial charge in [0.1, 0.15) is 11.6 Å². The van der Waals surface area contributed by atoms with Gasteiger partial charge in [0.15, 0.2) is 5.58 Å². The topological polar surface area (TPSA) is 114 Å². The first-order valence-corrected chi connectivity index (χ1v) is 14.3. The Kier molecular flexibility index (Phi) is 7.84. The Labute approximate surface area is 228 Å². The molecule has 3 fully saturated rings. The van der Waals surface area contributed by atoms with E-state index < -0.39 is 23.3 Å². The Hall–Kier alpha value is -3.14. The van der Waals surface area contributed by atoms with E-state index in [2.05, 4.69) is 10.2 Å². The van der Waals surface area contributed by atoms with Gasteiger partial charge < -0.3 is 19.0 Å². The molecule has 10 heteroatoms. The van der Waals surface area contributed by atoms with E-state index in [9.17, 15) is 19.2 Å². The molecule has 1 unspecified atom stereocenters. The van der Waals surface area contributed by atoms with E-state index in [1.807, 2.05) is 43.9 Å². The third-order valence-electron chi connectivity index (χ3n) is 8.34. The molecule has 0 radical (unpaired) electrons. The van der Waals surface area contributed by atoms with E-state index in [-0.39, 0.29) is 18.4 Å². The summed E-state index contributed by atoms with van der Waals surface area (Å²) in [4.78, 5) is 53.1. The fourth-order valence-corrected chi connectivity index (χ4v) is 6.12. The highest BCUT2D eigenvalue weighted by molar-refractivity contribution is 6.00. The molecule has 0 spiro atoms. The van der Waals surface area contributed by atoms with Crippen LogP contribution < -0.4 is 11.1 Å². The minimum atomic E-state index is -0.727. The number of hydrogen-bond acceptors (Lipinski definition) is 7. The van der Waals surface area contributed by atoms with Crippen molar-refractivity contribution in [2.45, 2.75) is 83.3 Å². The lowest BCUT2D eigenvalue weighted by molar-refractivity contribution is -0.135. The van der Waals surface area contributed by atoms with E-state index in [0.717, 1.165) is 70.4 Å². The van der Waals surface area contributed by atoms with Gasteiger partial charge in [0.2, 0.25) is 11.8 Å². The quantitative estimate of drug-likeness (QED) is 0.574. The van der Waals surface area contributed by atoms with Gasteiger partial charge in [0.25, 0.3) is 0 Å². The first kappa shape index (κ1) is 27.4. The number of piperidine rings is 3. The molecule has 10 nitrogen and oxygen atoms in total. The van der Waals surface area contributed by atoms with Crippen molar-refractivity contribution in [3.63, 3.8) is 0 Å². The maximum Gasteiger partial charge on any atom is 0.420 e. The lowest BCUT2D eigenvalue weighted by atomic mass is 9.88. The molecule has 212 valence electrons. The number of amides is 3. The number of imide groups is 1. The number of ether oxygens (including phenoxy) is 1. The molecule has 3 aliphatic rings. The van der Waals surface area contributed by atoms with Crippen LogP contribution in [-0.4, -0.2) is 70.6 Å². The van der Waals surface area contributed by atoms with Crippen molar-refractivity contribution in [3.8, 4) is 0 Å². The minimum Gasteiger partial charge on any atom is -0.444 e. The molecule has 0 aliphatic carbocycles. The van der Waals surface area contributed by atoms with Crippen LogP contribution in [0.15, 0.2) is 27.4 Å². The first-order valence-electron chi connectivity index (χ1n) is 14.3. The van der Waals surface area contributed by atoms with E-state index in [1.54, 1.807) is 0 Å². The second-order valence-corrected chi connectivity index (χ2v) is 12.2. The maximum atomic E-state index is 12.6. The number of likely N-dealkylation sites (tertiary alicyclic amines) is 2. The van der Waals surface area contributed by atoms with E-state index in [4.69, 9.17) is 9.15 Å². The van der Waals surface area contributed by atoms with Crippen molar-refractivity contribution < 1.29 is 23.5 Å². The number of benzene rings is 1. The number of nitrogens with one attached hydrogen (secondary N) is 1. The highest BCUT2D eigenvalue weighted by Gasteiger charge is 2.32. The summed E-state index contributed by atoms with van der Waals surface area (Å²) in [5, 5.41) is 2.32. The molecule has 3 saturated heterocycles. The third kappa shape index (κ3) is 6.37. The molecule has 1 aromatic heterocycles. The van der Waals surface area contributed by atoms with Gasteiger partial charge in [0.05, 0.1) is 5.52 Å². The number of oxazole rings is 1. The first-order chi connectivity index (χ1) is 18.6. The Balaban J connectivity index is 1.11. The lowest BCUT2D eigenvalue weighted by Gasteiger charge is -2.36. The summed E-state index contributed by atoms with van der Waals surface area (Å²) in [7, 11) is 0. The van der Waals surface area contributed by atoms with Crippen molar-refractivity contribution in [2.24, 2.45) is 5.92 Å². The number of aromatic nitrogens is 1. The molecule has 1 aromatic carbocycles. The fraction of sp³-hybridized carbons (Fsp3) is 0.655. The smallest absolute Gasteiger partial charge is 0.420 e. The lowest BCUT2D eigenvalue weighted by Crippen LogP contribution is -2.43. The highest BCUT2D eigenvalue weighted by Crippen LogP contribution is 2.32. The number of nitrogens with zero attached hydrogens (tertiary/aromatic N) is 3. The Morgan fingerprint density at radius 1 is 1.03 bits per heavy atom. The van der Waals surface area contributed by atoms with Crippen molar-refractivity contribution in [1.29, 1.82) is 0 Å². The molecule has 5 rings (SSSR count). The average molecular weight is 541 g/mol. The van der Waals surface area contributed by atoms with E-state index >= 15 is 0 Å². The third-order valence-corrected chi connectivity index (χ3v) is 8.34. The normalized spacial score (nSPS) is 22.3. The molecule has 0 bridgehead atoms. The molecule has 2 aromatic rings. The summed E-state index contributed by atoms with van der Waals surface area (Å²) in [6, 6.07) is 5.13. The zero-order chi connectivity index (χ0) is 27.7. The van der Waals surface area contributed by atoms with Crippen LogP contribution in [0, 0.1) is 5.92 Å². The predicted molar refractivity (Wildman–Crippen MR) is 145 cm³/mol. The van der Waals surface area contributed by atoms with E-state index in [1.165, 1.54) is 4.57 Å². The van der Waals surface area contributed by atoms with E-state index in [0.29, 0.717) is 29.4 Å². The summed E-state index contributed by atoms with van der Waals surface area (Å²) in [6.45, 7) is 10.4. The van der Waals surface area contributed by atoms with Gasteiger partial charge in [-0.3, -0.25) is 19.5 Å². The van der Waals surface area contributed by atoms with Crippen LogP contribution in [0.1, 0.15) is 83.2 Å². The molecule has 1 N–H and O–H groups in total. The van der Waals surface area contributed by atoms with Gasteiger partial charge >= 0.3 is 11.8 Å². The largest absolute Gasteiger partial charge is 0.444 e. The van der Waals surface area contributed by atoms with Gasteiger partial charge in [0, 0.05) is 19.5 Å². The second kappa shape index (κ2) is 11.2. The van der Waals surface area contributed by atoms with Crippen LogP contribution in [0.25, 0.3) is 11.1 Å². The van der Waals surface area contributed by atoms with Gasteiger partial charge in [-0.15, -0.1) is 0 Å². The number of fused-ring (bicyclic) bond motifs is 1. The van der Waals surface area contributed by atoms with Gasteiger partial charge in [-0.1, -0.05) is 6.07 Å². The molecule has 1 atom stereocenters. The van der Waals surface area contributed by atoms with Crippen molar-refractivity contribution in [2.75, 3.05) is 32.7 Å². The van der Waals surface area contributed by atoms with Crippen LogP contribution in [0.2, 0.25) is 0 Å². The van der Waals surface area contributed by atoms with Crippen LogP contribution in [0.4, 0.5) is 4.79 Å². The summed E-state index contributed by atoms with van der Waals surface area (Å²) in [5.74, 6) is -0.300. The van der Waals surface area contributed by atoms with Gasteiger partial charge in [-0.25, -0.2) is 9.59 Å². The maximum absolute atomic E-state index is 12.6. The molecule has 39 heavy (non-hydrogen) atoms. The summed E-state index contributed by atoms with van der Waals surface area (Å²) in [5.41, 5.74) is 1.78. The molecule has 3 amide bonds. The summed E-state index contributed by atoms with van der Waals surface area (Å²) >= 11 is 0. The van der Waals surface area contributed by atoms with Crippen LogP contribution >= 0.6 is 0 Å². The Bertz CT molecular complexity index is 1270. The SMILES string of the molecule is CC(C)(C)OC(=O)N1CCC(CCN2CCC(c3ccc4c(c3)oc(=O)n4C3CCC(=O)NC3=O)CC2)CC1. The van der Waals surface area contributed by atoms with Crippen molar-refractivity contribution >= 4 is 29.0 Å². The zero-order valence-corrected chi connectivity index (χ0v) is 23.2. The monoisotopic (exact) mass is 540 g/mol. The molecule has 3 aliphatic heterocycles. The number of rotatable bonds is 5. The zero-order valence-electron chi connectivity index (χ0n) is 23.2. The van der Waals surface area contributed by atoms with Crippen LogP contribution in [0.5, 0.6) is 0 Å². The average Bonchev–Trinajstić information content (AvgIpc) is 3.22. The van der Waals surface area contributed by atoms with Gasteiger partial charge in [-0.2, -0.15) is 0 Å². The Morgan fingerprint density at radius 3 is 2.41 bits per heavy atom. The van der Waals surface area contributed by atoms with Crippen molar-refractivity contribution in [3.05, 3.63) is 34.3 Å². The Morgan fingerprint density at radius 2 is 1.74 bits per heavy atom. The van der Waals surface area contributed by atoms with Crippen LogP contribution in [-0.2, 0) is 14.3 Å². The molecular weight excluding hydrogens is 500 g/mol. The van der Waals surface area contributed by atoms with Gasteiger partial charge in [-0.05, 0) is 108 Å². The van der Waals surface area contributed by atoms with Crippen molar-refractivity contribution in [1.82, 2.24) is 19.7 Å². The fourth-order valence-electron chi connectivity index (χ4n) is 6.12. The highest BCUT2D eigenvalue weighted by atomic mass is 16.6. The molecule has 0 saturated carbocycles. The summed E-state index contributed by atoms with van der Waals surface area (Å²) < 4.78 is 12.4. The number of carbonyl (C=O) groups excluding carboxylic acids is 3. The van der Waals surface area contributed by atoms with Crippen LogP contribution in [0.3, 0.4) is 0 Å². The molecular formula is C29H40N4O6.